The largest absolute Gasteiger partial charge is 0.457 e. The molecule has 0 amide bonds. The van der Waals surface area contributed by atoms with E-state index in [4.69, 9.17) is 9.72 Å². The van der Waals surface area contributed by atoms with Crippen LogP contribution >= 0.6 is 0 Å². The van der Waals surface area contributed by atoms with Crippen LogP contribution in [0, 0.1) is 12.8 Å². The smallest absolute Gasteiger partial charge is 0.226 e. The topological polar surface area (TPSA) is 93.9 Å². The zero-order valence-electron chi connectivity index (χ0n) is 20.2. The first-order valence-electron chi connectivity index (χ1n) is 12.3. The Hall–Kier alpha value is -4.27. The summed E-state index contributed by atoms with van der Waals surface area (Å²) in [5.41, 5.74) is 5.34. The zero-order valence-corrected chi connectivity index (χ0v) is 20.2. The standard InChI is InChI=1S/C27H26N8O/c1-16-9-18(4-8-24(16)36-20-6-7-23-21(11-20)31-15-34(23)2)32-26-25-22(29-14-30-26)12-28-27(33-25)35-13-17-3-5-19(35)10-17/h4,6-9,11-12,14-15,17,19H,3,5,10,13H2,1-2H3,(H,29,30,32). The third kappa shape index (κ3) is 3.59. The van der Waals surface area contributed by atoms with Gasteiger partial charge in [0.05, 0.1) is 23.6 Å². The van der Waals surface area contributed by atoms with Crippen LogP contribution in [0.1, 0.15) is 24.8 Å². The molecule has 2 fully saturated rings. The Labute approximate surface area is 208 Å². The number of hydrogen-bond acceptors (Lipinski definition) is 8. The number of nitrogens with zero attached hydrogens (tertiary/aromatic N) is 7. The summed E-state index contributed by atoms with van der Waals surface area (Å²) in [6.07, 6.45) is 8.95. The quantitative estimate of drug-likeness (QED) is 0.371. The summed E-state index contributed by atoms with van der Waals surface area (Å²) in [6, 6.07) is 12.5. The molecule has 2 aliphatic rings. The highest BCUT2D eigenvalue weighted by Crippen LogP contribution is 2.39. The number of aryl methyl sites for hydroxylation is 2. The first kappa shape index (κ1) is 21.0. The molecule has 9 nitrogen and oxygen atoms in total. The van der Waals surface area contributed by atoms with Crippen LogP contribution in [-0.2, 0) is 7.05 Å². The Morgan fingerprint density at radius 3 is 2.78 bits per heavy atom. The summed E-state index contributed by atoms with van der Waals surface area (Å²) < 4.78 is 8.16. The van der Waals surface area contributed by atoms with Crippen molar-refractivity contribution in [3.8, 4) is 11.5 Å². The number of anilines is 3. The first-order chi connectivity index (χ1) is 17.6. The van der Waals surface area contributed by atoms with Gasteiger partial charge in [-0.1, -0.05) is 0 Å². The van der Waals surface area contributed by atoms with E-state index in [1.54, 1.807) is 18.9 Å². The number of rotatable bonds is 5. The Bertz CT molecular complexity index is 1610. The second-order valence-electron chi connectivity index (χ2n) is 9.82. The highest BCUT2D eigenvalue weighted by molar-refractivity contribution is 5.87. The zero-order chi connectivity index (χ0) is 24.2. The van der Waals surface area contributed by atoms with E-state index in [9.17, 15) is 0 Å². The Kier molecular flexibility index (Phi) is 4.77. The summed E-state index contributed by atoms with van der Waals surface area (Å²) in [6.45, 7) is 3.07. The third-order valence-electron chi connectivity index (χ3n) is 7.39. The van der Waals surface area contributed by atoms with Gasteiger partial charge in [-0.15, -0.1) is 0 Å². The normalized spacial score (nSPS) is 18.9. The minimum Gasteiger partial charge on any atom is -0.457 e. The van der Waals surface area contributed by atoms with Crippen LogP contribution in [0.2, 0.25) is 0 Å². The van der Waals surface area contributed by atoms with Crippen molar-refractivity contribution in [3.05, 3.63) is 60.8 Å². The number of imidazole rings is 1. The predicted octanol–water partition coefficient (Wildman–Crippen LogP) is 5.14. The number of hydrogen-bond donors (Lipinski definition) is 1. The van der Waals surface area contributed by atoms with E-state index in [-0.39, 0.29) is 0 Å². The van der Waals surface area contributed by atoms with E-state index >= 15 is 0 Å². The second-order valence-corrected chi connectivity index (χ2v) is 9.82. The summed E-state index contributed by atoms with van der Waals surface area (Å²) in [4.78, 5) is 25.2. The van der Waals surface area contributed by atoms with Gasteiger partial charge in [-0.3, -0.25) is 0 Å². The summed E-state index contributed by atoms with van der Waals surface area (Å²) >= 11 is 0. The lowest BCUT2D eigenvalue weighted by atomic mass is 10.1. The molecule has 1 aliphatic carbocycles. The van der Waals surface area contributed by atoms with E-state index in [1.165, 1.54) is 19.3 Å². The highest BCUT2D eigenvalue weighted by atomic mass is 16.5. The van der Waals surface area contributed by atoms with Gasteiger partial charge in [0, 0.05) is 31.4 Å². The van der Waals surface area contributed by atoms with Gasteiger partial charge < -0.3 is 19.5 Å². The van der Waals surface area contributed by atoms with Gasteiger partial charge in [-0.2, -0.15) is 0 Å². The van der Waals surface area contributed by atoms with Crippen LogP contribution in [0.15, 0.2) is 55.2 Å². The Morgan fingerprint density at radius 2 is 1.94 bits per heavy atom. The van der Waals surface area contributed by atoms with E-state index in [0.717, 1.165) is 63.2 Å². The second kappa shape index (κ2) is 8.15. The maximum absolute atomic E-state index is 6.17. The van der Waals surface area contributed by atoms with Crippen molar-refractivity contribution in [1.82, 2.24) is 29.5 Å². The van der Waals surface area contributed by atoms with Gasteiger partial charge in [0.25, 0.3) is 0 Å². The lowest BCUT2D eigenvalue weighted by Gasteiger charge is -2.26. The molecule has 4 heterocycles. The molecule has 3 aromatic heterocycles. The van der Waals surface area contributed by atoms with E-state index in [2.05, 4.69) is 30.2 Å². The average molecular weight is 479 g/mol. The van der Waals surface area contributed by atoms with Crippen LogP contribution in [0.3, 0.4) is 0 Å². The predicted molar refractivity (Wildman–Crippen MR) is 139 cm³/mol. The molecule has 5 aromatic rings. The van der Waals surface area contributed by atoms with Crippen LogP contribution in [0.4, 0.5) is 17.5 Å². The number of piperidine rings is 1. The molecule has 7 rings (SSSR count). The lowest BCUT2D eigenvalue weighted by molar-refractivity contribution is 0.479. The summed E-state index contributed by atoms with van der Waals surface area (Å²) in [5, 5.41) is 3.43. The highest BCUT2D eigenvalue weighted by Gasteiger charge is 2.39. The minimum absolute atomic E-state index is 0.557. The van der Waals surface area contributed by atoms with Crippen LogP contribution in [-0.4, -0.2) is 42.1 Å². The molecule has 2 aromatic carbocycles. The van der Waals surface area contributed by atoms with Gasteiger partial charge in [0.1, 0.15) is 28.9 Å². The molecule has 2 atom stereocenters. The maximum atomic E-state index is 6.17. The Morgan fingerprint density at radius 1 is 1.00 bits per heavy atom. The summed E-state index contributed by atoms with van der Waals surface area (Å²) in [7, 11) is 1.98. The van der Waals surface area contributed by atoms with E-state index < -0.39 is 0 Å². The Balaban J connectivity index is 1.15. The molecular weight excluding hydrogens is 452 g/mol. The molecule has 2 unspecified atom stereocenters. The summed E-state index contributed by atoms with van der Waals surface area (Å²) in [5.74, 6) is 3.76. The number of aromatic nitrogens is 6. The molecule has 0 radical (unpaired) electrons. The fourth-order valence-electron chi connectivity index (χ4n) is 5.53. The number of ether oxygens (including phenoxy) is 1. The van der Waals surface area contributed by atoms with Gasteiger partial charge in [0.2, 0.25) is 5.95 Å². The van der Waals surface area contributed by atoms with E-state index in [0.29, 0.717) is 11.9 Å². The molecule has 1 saturated heterocycles. The van der Waals surface area contributed by atoms with Crippen molar-refractivity contribution in [2.45, 2.75) is 32.2 Å². The number of fused-ring (bicyclic) bond motifs is 4. The molecule has 1 N–H and O–H groups in total. The lowest BCUT2D eigenvalue weighted by Crippen LogP contribution is -2.33. The molecule has 180 valence electrons. The molecule has 2 bridgehead atoms. The van der Waals surface area contributed by atoms with Crippen molar-refractivity contribution in [2.24, 2.45) is 13.0 Å². The van der Waals surface area contributed by atoms with Gasteiger partial charge in [-0.25, -0.2) is 24.9 Å². The van der Waals surface area contributed by atoms with Gasteiger partial charge in [0.15, 0.2) is 5.82 Å². The average Bonchev–Trinajstić information content (AvgIpc) is 3.62. The maximum Gasteiger partial charge on any atom is 0.226 e. The van der Waals surface area contributed by atoms with Gasteiger partial charge >= 0.3 is 0 Å². The SMILES string of the molecule is Cc1cc(Nc2ncnc3cnc(N4CC5CCC4C5)nc23)ccc1Oc1ccc2c(c1)ncn2C. The van der Waals surface area contributed by atoms with Crippen LogP contribution < -0.4 is 15.0 Å². The number of nitrogens with one attached hydrogen (secondary N) is 1. The van der Waals surface area contributed by atoms with Crippen molar-refractivity contribution < 1.29 is 4.74 Å². The molecule has 0 spiro atoms. The number of benzene rings is 2. The van der Waals surface area contributed by atoms with E-state index in [1.807, 2.05) is 54.9 Å². The molecule has 1 saturated carbocycles. The molecule has 1 aliphatic heterocycles. The molecular formula is C27H26N8O. The van der Waals surface area contributed by atoms with Crippen molar-refractivity contribution in [2.75, 3.05) is 16.8 Å². The first-order valence-corrected chi connectivity index (χ1v) is 12.3. The fourth-order valence-corrected chi connectivity index (χ4v) is 5.53. The van der Waals surface area contributed by atoms with Crippen molar-refractivity contribution in [1.29, 1.82) is 0 Å². The third-order valence-corrected chi connectivity index (χ3v) is 7.39. The molecule has 9 heteroatoms. The van der Waals surface area contributed by atoms with Crippen molar-refractivity contribution in [3.63, 3.8) is 0 Å². The fraction of sp³-hybridized carbons (Fsp3) is 0.296. The minimum atomic E-state index is 0.557. The van der Waals surface area contributed by atoms with Crippen molar-refractivity contribution >= 4 is 39.5 Å². The van der Waals surface area contributed by atoms with Gasteiger partial charge in [-0.05, 0) is 68.0 Å². The molecule has 36 heavy (non-hydrogen) atoms. The van der Waals surface area contributed by atoms with Crippen LogP contribution in [0.25, 0.3) is 22.1 Å². The van der Waals surface area contributed by atoms with Crippen LogP contribution in [0.5, 0.6) is 11.5 Å². The monoisotopic (exact) mass is 478 g/mol.